The van der Waals surface area contributed by atoms with E-state index in [0.717, 1.165) is 0 Å². The van der Waals surface area contributed by atoms with Gasteiger partial charge in [-0.3, -0.25) is 4.79 Å². The van der Waals surface area contributed by atoms with Crippen LogP contribution in [0.25, 0.3) is 0 Å². The highest BCUT2D eigenvalue weighted by Crippen LogP contribution is 2.27. The number of rotatable bonds is 2. The summed E-state index contributed by atoms with van der Waals surface area (Å²) < 4.78 is 4.07. The Labute approximate surface area is 102 Å². The predicted molar refractivity (Wildman–Crippen MR) is 57.6 cm³/mol. The quantitative estimate of drug-likeness (QED) is 0.411. The second-order valence-corrected chi connectivity index (χ2v) is 4.02. The van der Waals surface area contributed by atoms with Gasteiger partial charge < -0.3 is 14.9 Å². The van der Waals surface area contributed by atoms with Gasteiger partial charge in [-0.2, -0.15) is 0 Å². The monoisotopic (exact) mass is 250 g/mol. The highest BCUT2D eigenvalue weighted by atomic mass is 16.6. The van der Waals surface area contributed by atoms with Gasteiger partial charge in [-0.15, -0.1) is 0 Å². The maximum Gasteiger partial charge on any atom is 0.357 e. The molecule has 6 heteroatoms. The number of cyclic esters (lactones) is 2. The Kier molecular flexibility index (Phi) is 2.76. The molecule has 0 bridgehead atoms. The summed E-state index contributed by atoms with van der Waals surface area (Å²) in [5.74, 6) is -3.83. The normalized spacial score (nSPS) is 27.2. The minimum Gasteiger partial charge on any atom is -0.388 e. The lowest BCUT2D eigenvalue weighted by Gasteiger charge is -2.19. The van der Waals surface area contributed by atoms with E-state index in [9.17, 15) is 24.6 Å². The van der Waals surface area contributed by atoms with Crippen molar-refractivity contribution in [1.29, 1.82) is 0 Å². The second-order valence-electron chi connectivity index (χ2n) is 4.02. The van der Waals surface area contributed by atoms with Crippen LogP contribution in [0.1, 0.15) is 15.9 Å². The Morgan fingerprint density at radius 1 is 1.33 bits per heavy atom. The summed E-state index contributed by atoms with van der Waals surface area (Å²) in [4.78, 5) is 34.5. The van der Waals surface area contributed by atoms with Crippen molar-refractivity contribution in [2.75, 3.05) is 0 Å². The number of hydrogen-bond donors (Lipinski definition) is 2. The Balaban J connectivity index is 2.49. The van der Waals surface area contributed by atoms with Crippen LogP contribution >= 0.6 is 0 Å². The molecule has 0 aromatic heterocycles. The van der Waals surface area contributed by atoms with Crippen LogP contribution in [0.4, 0.5) is 0 Å². The van der Waals surface area contributed by atoms with Crippen molar-refractivity contribution in [1.82, 2.24) is 0 Å². The van der Waals surface area contributed by atoms with Crippen LogP contribution < -0.4 is 0 Å². The average molecular weight is 250 g/mol. The summed E-state index contributed by atoms with van der Waals surface area (Å²) in [6, 6.07) is 6.20. The van der Waals surface area contributed by atoms with Gasteiger partial charge in [-0.05, 0) is 12.5 Å². The van der Waals surface area contributed by atoms with Gasteiger partial charge in [0.25, 0.3) is 5.60 Å². The van der Waals surface area contributed by atoms with E-state index in [4.69, 9.17) is 0 Å². The lowest BCUT2D eigenvalue weighted by molar-refractivity contribution is -0.156. The van der Waals surface area contributed by atoms with Gasteiger partial charge in [0.15, 0.2) is 6.10 Å². The molecule has 2 unspecified atom stereocenters. The molecule has 1 aromatic carbocycles. The van der Waals surface area contributed by atoms with Gasteiger partial charge in [0.1, 0.15) is 0 Å². The zero-order valence-electron chi connectivity index (χ0n) is 9.41. The number of ketones is 1. The van der Waals surface area contributed by atoms with Gasteiger partial charge in [-0.25, -0.2) is 9.59 Å². The molecule has 2 rings (SSSR count). The lowest BCUT2D eigenvalue weighted by atomic mass is 9.87. The summed E-state index contributed by atoms with van der Waals surface area (Å²) in [7, 11) is 0. The average Bonchev–Trinajstić information content (AvgIpc) is 2.54. The Bertz CT molecular complexity index is 549. The molecular weight excluding hydrogens is 240 g/mol. The maximum absolute atomic E-state index is 12.1. The molecule has 0 saturated carbocycles. The largest absolute Gasteiger partial charge is 0.388 e. The molecule has 2 N–H and O–H groups in total. The van der Waals surface area contributed by atoms with Crippen molar-refractivity contribution in [3.05, 3.63) is 35.4 Å². The first-order valence-corrected chi connectivity index (χ1v) is 5.16. The maximum atomic E-state index is 12.1. The highest BCUT2D eigenvalue weighted by molar-refractivity contribution is 6.23. The molecule has 2 atom stereocenters. The van der Waals surface area contributed by atoms with Crippen LogP contribution in [0.15, 0.2) is 24.3 Å². The third-order valence-corrected chi connectivity index (χ3v) is 2.86. The molecule has 1 fully saturated rings. The van der Waals surface area contributed by atoms with E-state index in [2.05, 4.69) is 4.74 Å². The third-order valence-electron chi connectivity index (χ3n) is 2.86. The number of Topliss-reactive ketones (excluding diaryl/α,β-unsaturated/α-hetero) is 1. The minimum absolute atomic E-state index is 0.0469. The molecule has 6 nitrogen and oxygen atoms in total. The Hall–Kier alpha value is -2.05. The van der Waals surface area contributed by atoms with Gasteiger partial charge in [-0.1, -0.05) is 24.3 Å². The van der Waals surface area contributed by atoms with E-state index < -0.39 is 29.4 Å². The Morgan fingerprint density at radius 3 is 2.44 bits per heavy atom. The van der Waals surface area contributed by atoms with E-state index in [0.29, 0.717) is 5.56 Å². The van der Waals surface area contributed by atoms with Crippen LogP contribution in [0.5, 0.6) is 0 Å². The standard InChI is InChI=1S/C12H10O6/c1-6-4-2-3-5-7(6)8(13)12(17)9(14)10(15)18-11(12)16/h2-5,9,14,17H,1H3. The highest BCUT2D eigenvalue weighted by Gasteiger charge is 2.62. The van der Waals surface area contributed by atoms with E-state index in [1.165, 1.54) is 12.1 Å². The fraction of sp³-hybridized carbons (Fsp3) is 0.250. The number of hydrogen-bond acceptors (Lipinski definition) is 6. The van der Waals surface area contributed by atoms with Crippen molar-refractivity contribution < 1.29 is 29.3 Å². The molecule has 0 aliphatic carbocycles. The first-order chi connectivity index (χ1) is 8.39. The van der Waals surface area contributed by atoms with Crippen LogP contribution in [0.3, 0.4) is 0 Å². The fourth-order valence-corrected chi connectivity index (χ4v) is 1.76. The van der Waals surface area contributed by atoms with Crippen LogP contribution in [-0.2, 0) is 14.3 Å². The van der Waals surface area contributed by atoms with E-state index in [1.807, 2.05) is 0 Å². The van der Waals surface area contributed by atoms with Gasteiger partial charge >= 0.3 is 11.9 Å². The summed E-state index contributed by atoms with van der Waals surface area (Å²) in [5, 5.41) is 19.4. The third kappa shape index (κ3) is 1.54. The summed E-state index contributed by atoms with van der Waals surface area (Å²) in [5.41, 5.74) is -2.30. The molecule has 1 heterocycles. The smallest absolute Gasteiger partial charge is 0.357 e. The van der Waals surface area contributed by atoms with E-state index in [-0.39, 0.29) is 5.56 Å². The SMILES string of the molecule is Cc1ccccc1C(=O)C1(O)C(=O)OC(=O)C1O. The number of carbonyl (C=O) groups excluding carboxylic acids is 3. The second kappa shape index (κ2) is 4.01. The van der Waals surface area contributed by atoms with Crippen LogP contribution in [-0.4, -0.2) is 39.6 Å². The number of carbonyl (C=O) groups is 3. The van der Waals surface area contributed by atoms with Crippen molar-refractivity contribution in [3.8, 4) is 0 Å². The number of esters is 2. The number of aryl methyl sites for hydroxylation is 1. The first kappa shape index (κ1) is 12.4. The molecule has 1 saturated heterocycles. The molecule has 18 heavy (non-hydrogen) atoms. The first-order valence-electron chi connectivity index (χ1n) is 5.16. The van der Waals surface area contributed by atoms with Crippen LogP contribution in [0.2, 0.25) is 0 Å². The van der Waals surface area contributed by atoms with Gasteiger partial charge in [0.05, 0.1) is 0 Å². The lowest BCUT2D eigenvalue weighted by Crippen LogP contribution is -2.52. The minimum atomic E-state index is -2.86. The molecule has 1 aliphatic rings. The van der Waals surface area contributed by atoms with Crippen molar-refractivity contribution >= 4 is 17.7 Å². The van der Waals surface area contributed by atoms with Crippen molar-refractivity contribution in [3.63, 3.8) is 0 Å². The van der Waals surface area contributed by atoms with Gasteiger partial charge in [0.2, 0.25) is 5.78 Å². The number of aliphatic hydroxyl groups is 2. The van der Waals surface area contributed by atoms with Gasteiger partial charge in [0, 0.05) is 5.56 Å². The van der Waals surface area contributed by atoms with Crippen molar-refractivity contribution in [2.24, 2.45) is 0 Å². The fourth-order valence-electron chi connectivity index (χ4n) is 1.76. The molecule has 94 valence electrons. The molecule has 0 amide bonds. The van der Waals surface area contributed by atoms with Crippen LogP contribution in [0, 0.1) is 6.92 Å². The summed E-state index contributed by atoms with van der Waals surface area (Å²) in [6.07, 6.45) is -2.20. The Morgan fingerprint density at radius 2 is 1.94 bits per heavy atom. The zero-order valence-corrected chi connectivity index (χ0v) is 9.41. The molecule has 0 spiro atoms. The molecule has 1 aromatic rings. The topological polar surface area (TPSA) is 101 Å². The predicted octanol–water partition coefficient (Wildman–Crippen LogP) is -0.647. The number of ether oxygens (including phenoxy) is 1. The van der Waals surface area contributed by atoms with E-state index in [1.54, 1.807) is 19.1 Å². The van der Waals surface area contributed by atoms with E-state index >= 15 is 0 Å². The molecule has 0 radical (unpaired) electrons. The number of benzene rings is 1. The summed E-state index contributed by atoms with van der Waals surface area (Å²) in [6.45, 7) is 1.60. The molecule has 1 aliphatic heterocycles. The number of aliphatic hydroxyl groups excluding tert-OH is 1. The van der Waals surface area contributed by atoms with Crippen molar-refractivity contribution in [2.45, 2.75) is 18.6 Å². The summed E-state index contributed by atoms with van der Waals surface area (Å²) >= 11 is 0. The molecular formula is C12H10O6. The zero-order chi connectivity index (χ0) is 13.5.